The van der Waals surface area contributed by atoms with Crippen molar-refractivity contribution in [1.82, 2.24) is 5.32 Å². The lowest BCUT2D eigenvalue weighted by molar-refractivity contribution is -0.128. The molecule has 0 aromatic heterocycles. The van der Waals surface area contributed by atoms with Crippen LogP contribution in [0.2, 0.25) is 0 Å². The Morgan fingerprint density at radius 3 is 1.80 bits per heavy atom. The van der Waals surface area contributed by atoms with Crippen LogP contribution in [0, 0.1) is 6.92 Å². The number of nitrogens with one attached hydrogen (secondary N) is 1. The minimum Gasteiger partial charge on any atom is -0.480 e. The second kappa shape index (κ2) is 18.3. The van der Waals surface area contributed by atoms with E-state index in [0.29, 0.717) is 6.42 Å². The second-order valence-electron chi connectivity index (χ2n) is 8.67. The van der Waals surface area contributed by atoms with Crippen LogP contribution in [0.3, 0.4) is 0 Å². The first-order valence-corrected chi connectivity index (χ1v) is 12.7. The van der Waals surface area contributed by atoms with Crippen molar-refractivity contribution in [1.29, 1.82) is 0 Å². The number of hydrogen-bond acceptors (Lipinski definition) is 2. The van der Waals surface area contributed by atoms with Crippen molar-refractivity contribution in [2.45, 2.75) is 123 Å². The summed E-state index contributed by atoms with van der Waals surface area (Å²) in [6.45, 7) is 7.04. The van der Waals surface area contributed by atoms with Crippen LogP contribution >= 0.6 is 0 Å². The zero-order valence-corrected chi connectivity index (χ0v) is 20.0. The maximum Gasteiger partial charge on any atom is 0.261 e. The highest BCUT2D eigenvalue weighted by molar-refractivity contribution is 5.81. The van der Waals surface area contributed by atoms with Crippen LogP contribution in [0.25, 0.3) is 0 Å². The van der Waals surface area contributed by atoms with E-state index in [1.807, 2.05) is 38.1 Å². The van der Waals surface area contributed by atoms with E-state index in [0.717, 1.165) is 24.3 Å². The van der Waals surface area contributed by atoms with Gasteiger partial charge in [0.1, 0.15) is 5.75 Å². The summed E-state index contributed by atoms with van der Waals surface area (Å²) in [6.07, 6.45) is 19.2. The molecule has 0 aliphatic rings. The summed E-state index contributed by atoms with van der Waals surface area (Å²) in [5, 5.41) is 3.05. The number of hydrogen-bond donors (Lipinski definition) is 1. The Morgan fingerprint density at radius 1 is 0.800 bits per heavy atom. The van der Waals surface area contributed by atoms with E-state index >= 15 is 0 Å². The van der Waals surface area contributed by atoms with E-state index in [4.69, 9.17) is 4.74 Å². The summed E-state index contributed by atoms with van der Waals surface area (Å²) < 4.78 is 5.92. The number of ether oxygens (including phenoxy) is 1. The van der Waals surface area contributed by atoms with Crippen LogP contribution in [-0.4, -0.2) is 18.6 Å². The lowest BCUT2D eigenvalue weighted by atomic mass is 10.0. The Balaban J connectivity index is 1.95. The Hall–Kier alpha value is -1.51. The highest BCUT2D eigenvalue weighted by Gasteiger charge is 2.18. The van der Waals surface area contributed by atoms with Gasteiger partial charge in [-0.1, -0.05) is 116 Å². The number of unbranched alkanes of at least 4 members (excludes halogenated alkanes) is 13. The molecule has 0 aliphatic carbocycles. The number of carbonyl (C=O) groups is 1. The van der Waals surface area contributed by atoms with Crippen LogP contribution in [0.1, 0.15) is 116 Å². The first kappa shape index (κ1) is 26.5. The lowest BCUT2D eigenvalue weighted by Crippen LogP contribution is -2.38. The summed E-state index contributed by atoms with van der Waals surface area (Å²) in [6, 6.07) is 7.87. The predicted octanol–water partition coefficient (Wildman–Crippen LogP) is 7.75. The van der Waals surface area contributed by atoms with E-state index in [1.54, 1.807) is 0 Å². The first-order valence-electron chi connectivity index (χ1n) is 12.7. The third-order valence-corrected chi connectivity index (χ3v) is 5.86. The molecule has 0 saturated heterocycles. The SMILES string of the molecule is CCCCCCCCCCCCCCCCNC(=O)C(CC)Oc1ccccc1C. The number of aryl methyl sites for hydroxylation is 1. The number of amides is 1. The highest BCUT2D eigenvalue weighted by atomic mass is 16.5. The molecule has 0 fully saturated rings. The van der Waals surface area contributed by atoms with Gasteiger partial charge in [0.2, 0.25) is 0 Å². The molecule has 1 rings (SSSR count). The van der Waals surface area contributed by atoms with E-state index in [2.05, 4.69) is 12.2 Å². The first-order chi connectivity index (χ1) is 14.7. The Morgan fingerprint density at radius 2 is 1.30 bits per heavy atom. The van der Waals surface area contributed by atoms with Gasteiger partial charge in [0.25, 0.3) is 5.91 Å². The van der Waals surface area contributed by atoms with E-state index in [-0.39, 0.29) is 5.91 Å². The van der Waals surface area contributed by atoms with Crippen molar-refractivity contribution >= 4 is 5.91 Å². The molecule has 3 nitrogen and oxygen atoms in total. The fourth-order valence-electron chi connectivity index (χ4n) is 3.81. The topological polar surface area (TPSA) is 38.3 Å². The zero-order valence-electron chi connectivity index (χ0n) is 20.0. The summed E-state index contributed by atoms with van der Waals surface area (Å²) in [4.78, 5) is 12.4. The van der Waals surface area contributed by atoms with Crippen LogP contribution in [0.5, 0.6) is 5.75 Å². The largest absolute Gasteiger partial charge is 0.480 e. The molecule has 1 N–H and O–H groups in total. The fourth-order valence-corrected chi connectivity index (χ4v) is 3.81. The monoisotopic (exact) mass is 417 g/mol. The summed E-state index contributed by atoms with van der Waals surface area (Å²) in [5.41, 5.74) is 1.07. The highest BCUT2D eigenvalue weighted by Crippen LogP contribution is 2.19. The van der Waals surface area contributed by atoms with E-state index in [9.17, 15) is 4.79 Å². The third-order valence-electron chi connectivity index (χ3n) is 5.86. The summed E-state index contributed by atoms with van der Waals surface area (Å²) >= 11 is 0. The molecule has 0 saturated carbocycles. The number of benzene rings is 1. The molecule has 3 heteroatoms. The average Bonchev–Trinajstić information content (AvgIpc) is 2.75. The fraction of sp³-hybridized carbons (Fsp3) is 0.741. The molecule has 1 amide bonds. The van der Waals surface area contributed by atoms with Gasteiger partial charge in [0.15, 0.2) is 6.10 Å². The molecule has 0 heterocycles. The van der Waals surface area contributed by atoms with Crippen LogP contribution in [-0.2, 0) is 4.79 Å². The lowest BCUT2D eigenvalue weighted by Gasteiger charge is -2.18. The smallest absolute Gasteiger partial charge is 0.261 e. The summed E-state index contributed by atoms with van der Waals surface area (Å²) in [7, 11) is 0. The molecule has 0 radical (unpaired) electrons. The average molecular weight is 418 g/mol. The van der Waals surface area contributed by atoms with Crippen molar-refractivity contribution in [3.63, 3.8) is 0 Å². The van der Waals surface area contributed by atoms with Crippen molar-refractivity contribution in [3.05, 3.63) is 29.8 Å². The minimum absolute atomic E-state index is 0.00967. The van der Waals surface area contributed by atoms with Gasteiger partial charge in [0, 0.05) is 6.54 Å². The van der Waals surface area contributed by atoms with E-state index < -0.39 is 6.10 Å². The number of carbonyl (C=O) groups excluding carboxylic acids is 1. The molecule has 1 aromatic carbocycles. The van der Waals surface area contributed by atoms with E-state index in [1.165, 1.54) is 83.5 Å². The normalized spacial score (nSPS) is 12.0. The van der Waals surface area contributed by atoms with Crippen molar-refractivity contribution in [2.75, 3.05) is 6.54 Å². The van der Waals surface area contributed by atoms with Crippen LogP contribution in [0.4, 0.5) is 0 Å². The Bertz CT molecular complexity index is 543. The number of para-hydroxylation sites is 1. The van der Waals surface area contributed by atoms with Gasteiger partial charge in [-0.15, -0.1) is 0 Å². The molecule has 30 heavy (non-hydrogen) atoms. The molecular formula is C27H47NO2. The zero-order chi connectivity index (χ0) is 21.9. The van der Waals surface area contributed by atoms with Gasteiger partial charge in [-0.3, -0.25) is 4.79 Å². The van der Waals surface area contributed by atoms with Gasteiger partial charge < -0.3 is 10.1 Å². The maximum atomic E-state index is 12.4. The molecular weight excluding hydrogens is 370 g/mol. The third kappa shape index (κ3) is 12.9. The molecule has 1 unspecified atom stereocenters. The molecule has 1 atom stereocenters. The number of rotatable bonds is 19. The Kier molecular flexibility index (Phi) is 16.2. The van der Waals surface area contributed by atoms with Gasteiger partial charge in [-0.2, -0.15) is 0 Å². The van der Waals surface area contributed by atoms with Crippen molar-refractivity contribution < 1.29 is 9.53 Å². The molecule has 172 valence electrons. The second-order valence-corrected chi connectivity index (χ2v) is 8.67. The molecule has 0 bridgehead atoms. The van der Waals surface area contributed by atoms with Gasteiger partial charge in [-0.25, -0.2) is 0 Å². The standard InChI is InChI=1S/C27H47NO2/c1-4-6-7-8-9-10-11-12-13-14-15-16-17-20-23-28-27(29)25(5-2)30-26-22-19-18-21-24(26)3/h18-19,21-22,25H,4-17,20,23H2,1-3H3,(H,28,29). The maximum absolute atomic E-state index is 12.4. The Labute approximate surface area is 186 Å². The van der Waals surface area contributed by atoms with Gasteiger partial charge in [0.05, 0.1) is 0 Å². The van der Waals surface area contributed by atoms with Crippen molar-refractivity contribution in [2.24, 2.45) is 0 Å². The molecule has 1 aromatic rings. The van der Waals surface area contributed by atoms with Crippen molar-refractivity contribution in [3.8, 4) is 5.75 Å². The molecule has 0 spiro atoms. The quantitative estimate of drug-likeness (QED) is 0.234. The van der Waals surface area contributed by atoms with Crippen LogP contribution < -0.4 is 10.1 Å². The predicted molar refractivity (Wildman–Crippen MR) is 129 cm³/mol. The van der Waals surface area contributed by atoms with Crippen LogP contribution in [0.15, 0.2) is 24.3 Å². The molecule has 0 aliphatic heterocycles. The van der Waals surface area contributed by atoms with Gasteiger partial charge in [-0.05, 0) is 31.4 Å². The van der Waals surface area contributed by atoms with Gasteiger partial charge >= 0.3 is 0 Å². The minimum atomic E-state index is -0.405. The summed E-state index contributed by atoms with van der Waals surface area (Å²) in [5.74, 6) is 0.812.